The van der Waals surface area contributed by atoms with Crippen LogP contribution in [-0.2, 0) is 6.42 Å². The maximum Gasteiger partial charge on any atom is 0.140 e. The van der Waals surface area contributed by atoms with Crippen LogP contribution in [0, 0.1) is 13.8 Å². The van der Waals surface area contributed by atoms with Crippen LogP contribution in [0.5, 0.6) is 5.75 Å². The van der Waals surface area contributed by atoms with Gasteiger partial charge in [-0.05, 0) is 56.8 Å². The molecule has 0 spiro atoms. The number of methoxy groups -OCH3 is 1. The fraction of sp³-hybridized carbons (Fsp3) is 0.600. The molecule has 100 valence electrons. The fourth-order valence-electron chi connectivity index (χ4n) is 2.73. The van der Waals surface area contributed by atoms with Gasteiger partial charge in [-0.15, -0.1) is 0 Å². The van der Waals surface area contributed by atoms with Crippen molar-refractivity contribution in [2.75, 3.05) is 13.7 Å². The molecule has 1 aromatic rings. The van der Waals surface area contributed by atoms with E-state index in [0.29, 0.717) is 6.04 Å². The summed E-state index contributed by atoms with van der Waals surface area (Å²) in [5.74, 6) is 0.854. The molecule has 1 unspecified atom stereocenters. The standard InChI is InChI=1S/C15H22ClNO/c1-10-8-14(16)15(18-3)13(11(10)2)9-12-6-4-5-7-17-12/h8,12,17H,4-7,9H2,1-3H3. The summed E-state index contributed by atoms with van der Waals surface area (Å²) in [6, 6.07) is 2.55. The summed E-state index contributed by atoms with van der Waals surface area (Å²) in [4.78, 5) is 0. The van der Waals surface area contributed by atoms with Crippen molar-refractivity contribution in [1.82, 2.24) is 5.32 Å². The van der Waals surface area contributed by atoms with Crippen molar-refractivity contribution in [3.05, 3.63) is 27.8 Å². The second-order valence-corrected chi connectivity index (χ2v) is 5.57. The monoisotopic (exact) mass is 267 g/mol. The molecule has 1 heterocycles. The van der Waals surface area contributed by atoms with Crippen LogP contribution >= 0.6 is 11.6 Å². The minimum Gasteiger partial charge on any atom is -0.495 e. The van der Waals surface area contributed by atoms with Crippen molar-refractivity contribution >= 4 is 11.6 Å². The highest BCUT2D eigenvalue weighted by molar-refractivity contribution is 6.32. The Morgan fingerprint density at radius 2 is 2.17 bits per heavy atom. The largest absolute Gasteiger partial charge is 0.495 e. The van der Waals surface area contributed by atoms with Crippen molar-refractivity contribution in [3.8, 4) is 5.75 Å². The van der Waals surface area contributed by atoms with E-state index >= 15 is 0 Å². The third-order valence-corrected chi connectivity index (χ3v) is 4.23. The zero-order valence-electron chi connectivity index (χ0n) is 11.5. The number of aryl methyl sites for hydroxylation is 1. The average molecular weight is 268 g/mol. The van der Waals surface area contributed by atoms with Gasteiger partial charge < -0.3 is 10.1 Å². The average Bonchev–Trinajstić information content (AvgIpc) is 2.37. The van der Waals surface area contributed by atoms with Gasteiger partial charge in [-0.1, -0.05) is 18.0 Å². The van der Waals surface area contributed by atoms with Crippen LogP contribution < -0.4 is 10.1 Å². The Labute approximate surface area is 115 Å². The van der Waals surface area contributed by atoms with Crippen LogP contribution in [0.15, 0.2) is 6.07 Å². The van der Waals surface area contributed by atoms with E-state index < -0.39 is 0 Å². The normalized spacial score (nSPS) is 19.9. The van der Waals surface area contributed by atoms with Crippen molar-refractivity contribution in [1.29, 1.82) is 0 Å². The quantitative estimate of drug-likeness (QED) is 0.903. The summed E-state index contributed by atoms with van der Waals surface area (Å²) in [7, 11) is 1.70. The SMILES string of the molecule is COc1c(Cl)cc(C)c(C)c1CC1CCCCN1. The van der Waals surface area contributed by atoms with E-state index in [1.165, 1.54) is 36.0 Å². The number of ether oxygens (including phenoxy) is 1. The number of hydrogen-bond donors (Lipinski definition) is 1. The first-order chi connectivity index (χ1) is 8.63. The van der Waals surface area contributed by atoms with Crippen LogP contribution in [-0.4, -0.2) is 19.7 Å². The predicted molar refractivity (Wildman–Crippen MR) is 76.8 cm³/mol. The van der Waals surface area contributed by atoms with Gasteiger partial charge in [-0.25, -0.2) is 0 Å². The first-order valence-electron chi connectivity index (χ1n) is 6.69. The molecule has 1 N–H and O–H groups in total. The number of hydrogen-bond acceptors (Lipinski definition) is 2. The van der Waals surface area contributed by atoms with Gasteiger partial charge >= 0.3 is 0 Å². The number of nitrogens with one attached hydrogen (secondary N) is 1. The van der Waals surface area contributed by atoms with E-state index in [1.807, 2.05) is 6.07 Å². The molecule has 0 radical (unpaired) electrons. The van der Waals surface area contributed by atoms with Crippen LogP contribution in [0.1, 0.15) is 36.0 Å². The van der Waals surface area contributed by atoms with Crippen LogP contribution in [0.25, 0.3) is 0 Å². The molecule has 3 heteroatoms. The second kappa shape index (κ2) is 5.94. The first kappa shape index (κ1) is 13.7. The molecular weight excluding hydrogens is 246 g/mol. The Morgan fingerprint density at radius 3 is 2.78 bits per heavy atom. The summed E-state index contributed by atoms with van der Waals surface area (Å²) < 4.78 is 5.49. The number of piperidine rings is 1. The first-order valence-corrected chi connectivity index (χ1v) is 7.07. The summed E-state index contributed by atoms with van der Waals surface area (Å²) in [6.45, 7) is 5.40. The van der Waals surface area contributed by atoms with E-state index in [9.17, 15) is 0 Å². The van der Waals surface area contributed by atoms with Gasteiger partial charge in [0.25, 0.3) is 0 Å². The highest BCUT2D eigenvalue weighted by Crippen LogP contribution is 2.34. The van der Waals surface area contributed by atoms with Gasteiger partial charge in [-0.3, -0.25) is 0 Å². The van der Waals surface area contributed by atoms with Gasteiger partial charge in [0, 0.05) is 11.6 Å². The Hall–Kier alpha value is -0.730. The van der Waals surface area contributed by atoms with Gasteiger partial charge in [0.15, 0.2) is 0 Å². The highest BCUT2D eigenvalue weighted by atomic mass is 35.5. The molecule has 0 aromatic heterocycles. The van der Waals surface area contributed by atoms with Gasteiger partial charge in [0.1, 0.15) is 5.75 Å². The molecule has 0 saturated carbocycles. The smallest absolute Gasteiger partial charge is 0.140 e. The summed E-state index contributed by atoms with van der Waals surface area (Å²) >= 11 is 6.28. The van der Waals surface area contributed by atoms with Crippen molar-refractivity contribution in [2.24, 2.45) is 0 Å². The number of benzene rings is 1. The van der Waals surface area contributed by atoms with Crippen LogP contribution in [0.2, 0.25) is 5.02 Å². The maximum absolute atomic E-state index is 6.28. The van der Waals surface area contributed by atoms with Gasteiger partial charge in [-0.2, -0.15) is 0 Å². The lowest BCUT2D eigenvalue weighted by Crippen LogP contribution is -2.35. The van der Waals surface area contributed by atoms with E-state index in [4.69, 9.17) is 16.3 Å². The predicted octanol–water partition coefficient (Wildman–Crippen LogP) is 3.65. The van der Waals surface area contributed by atoms with E-state index in [2.05, 4.69) is 19.2 Å². The molecule has 0 aliphatic carbocycles. The second-order valence-electron chi connectivity index (χ2n) is 5.16. The molecule has 0 bridgehead atoms. The molecule has 1 aromatic carbocycles. The Morgan fingerprint density at radius 1 is 1.39 bits per heavy atom. The molecule has 1 aliphatic heterocycles. The summed E-state index contributed by atoms with van der Waals surface area (Å²) in [5, 5.41) is 4.31. The molecule has 1 fully saturated rings. The molecule has 0 amide bonds. The fourth-order valence-corrected chi connectivity index (χ4v) is 3.08. The maximum atomic E-state index is 6.28. The van der Waals surface area contributed by atoms with E-state index in [1.54, 1.807) is 7.11 Å². The summed E-state index contributed by atoms with van der Waals surface area (Å²) in [5.41, 5.74) is 3.82. The lowest BCUT2D eigenvalue weighted by molar-refractivity contribution is 0.381. The minimum absolute atomic E-state index is 0.559. The molecule has 2 rings (SSSR count). The third-order valence-electron chi connectivity index (χ3n) is 3.95. The Balaban J connectivity index is 2.29. The van der Waals surface area contributed by atoms with E-state index in [0.717, 1.165) is 23.7 Å². The Bertz CT molecular complexity index is 425. The highest BCUT2D eigenvalue weighted by Gasteiger charge is 2.19. The number of halogens is 1. The lowest BCUT2D eigenvalue weighted by Gasteiger charge is -2.25. The van der Waals surface area contributed by atoms with Crippen LogP contribution in [0.3, 0.4) is 0 Å². The van der Waals surface area contributed by atoms with Crippen molar-refractivity contribution < 1.29 is 4.74 Å². The Kier molecular flexibility index (Phi) is 4.52. The van der Waals surface area contributed by atoms with Gasteiger partial charge in [0.2, 0.25) is 0 Å². The van der Waals surface area contributed by atoms with Crippen LogP contribution in [0.4, 0.5) is 0 Å². The molecule has 1 atom stereocenters. The molecule has 2 nitrogen and oxygen atoms in total. The van der Waals surface area contributed by atoms with Crippen molar-refractivity contribution in [2.45, 2.75) is 45.6 Å². The van der Waals surface area contributed by atoms with Gasteiger partial charge in [0.05, 0.1) is 12.1 Å². The molecule has 1 aliphatic rings. The molecular formula is C15H22ClNO. The zero-order valence-corrected chi connectivity index (χ0v) is 12.2. The van der Waals surface area contributed by atoms with Crippen molar-refractivity contribution in [3.63, 3.8) is 0 Å². The minimum atomic E-state index is 0.559. The van der Waals surface area contributed by atoms with E-state index in [-0.39, 0.29) is 0 Å². The zero-order chi connectivity index (χ0) is 13.1. The topological polar surface area (TPSA) is 21.3 Å². The molecule has 18 heavy (non-hydrogen) atoms. The number of rotatable bonds is 3. The molecule has 1 saturated heterocycles. The summed E-state index contributed by atoms with van der Waals surface area (Å²) in [6.07, 6.45) is 4.87. The lowest BCUT2D eigenvalue weighted by atomic mass is 9.92. The third kappa shape index (κ3) is 2.81.